The van der Waals surface area contributed by atoms with Crippen molar-refractivity contribution in [1.82, 2.24) is 4.90 Å². The summed E-state index contributed by atoms with van der Waals surface area (Å²) in [4.78, 5) is 13.0. The van der Waals surface area contributed by atoms with E-state index in [1.54, 1.807) is 18.0 Å². The minimum atomic E-state index is -0.876. The van der Waals surface area contributed by atoms with Gasteiger partial charge >= 0.3 is 0 Å². The molecule has 2 rings (SSSR count). The van der Waals surface area contributed by atoms with E-state index in [0.717, 1.165) is 5.56 Å². The molecule has 80 valence electrons. The number of aliphatic hydroxyl groups excluding tert-OH is 1. The molecular formula is C11H12ClNO2. The maximum Gasteiger partial charge on any atom is 0.251 e. The van der Waals surface area contributed by atoms with Gasteiger partial charge in [0, 0.05) is 18.5 Å². The van der Waals surface area contributed by atoms with E-state index in [1.807, 2.05) is 18.2 Å². The Balaban J connectivity index is 2.29. The first-order valence-electron chi connectivity index (χ1n) is 4.80. The molecule has 0 saturated carbocycles. The van der Waals surface area contributed by atoms with E-state index in [-0.39, 0.29) is 11.9 Å². The van der Waals surface area contributed by atoms with E-state index in [1.165, 1.54) is 0 Å². The van der Waals surface area contributed by atoms with Gasteiger partial charge < -0.3 is 10.0 Å². The maximum atomic E-state index is 11.4. The molecular weight excluding hydrogens is 214 g/mol. The fourth-order valence-electron chi connectivity index (χ4n) is 1.93. The van der Waals surface area contributed by atoms with E-state index >= 15 is 0 Å². The van der Waals surface area contributed by atoms with Crippen molar-refractivity contribution in [1.29, 1.82) is 0 Å². The molecule has 0 aliphatic carbocycles. The highest BCUT2D eigenvalue weighted by Crippen LogP contribution is 2.32. The molecule has 1 aliphatic heterocycles. The van der Waals surface area contributed by atoms with Gasteiger partial charge in [-0.1, -0.05) is 23.7 Å². The molecule has 1 amide bonds. The van der Waals surface area contributed by atoms with Gasteiger partial charge in [-0.25, -0.2) is 0 Å². The molecule has 0 spiro atoms. The SMILES string of the molecule is CN1C(=O)[C@@H](O)C[C@H]1c1cccc(Cl)c1. The van der Waals surface area contributed by atoms with Crippen LogP contribution in [0.15, 0.2) is 24.3 Å². The average molecular weight is 226 g/mol. The summed E-state index contributed by atoms with van der Waals surface area (Å²) in [5.74, 6) is -0.222. The van der Waals surface area contributed by atoms with Crippen molar-refractivity contribution in [2.75, 3.05) is 7.05 Å². The van der Waals surface area contributed by atoms with Crippen LogP contribution in [0.4, 0.5) is 0 Å². The highest BCUT2D eigenvalue weighted by Gasteiger charge is 2.36. The Labute approximate surface area is 93.3 Å². The molecule has 1 N–H and O–H groups in total. The van der Waals surface area contributed by atoms with Crippen LogP contribution in [-0.4, -0.2) is 29.1 Å². The van der Waals surface area contributed by atoms with Crippen LogP contribution in [0.2, 0.25) is 5.02 Å². The lowest BCUT2D eigenvalue weighted by Crippen LogP contribution is -2.26. The van der Waals surface area contributed by atoms with E-state index in [4.69, 9.17) is 11.6 Å². The Morgan fingerprint density at radius 3 is 2.80 bits per heavy atom. The van der Waals surface area contributed by atoms with E-state index in [2.05, 4.69) is 0 Å². The smallest absolute Gasteiger partial charge is 0.251 e. The van der Waals surface area contributed by atoms with Gasteiger partial charge in [0.15, 0.2) is 0 Å². The number of halogens is 1. The van der Waals surface area contributed by atoms with Crippen molar-refractivity contribution >= 4 is 17.5 Å². The first-order valence-corrected chi connectivity index (χ1v) is 5.17. The van der Waals surface area contributed by atoms with Crippen molar-refractivity contribution < 1.29 is 9.90 Å². The molecule has 2 atom stereocenters. The zero-order valence-corrected chi connectivity index (χ0v) is 9.11. The zero-order valence-electron chi connectivity index (χ0n) is 8.35. The average Bonchev–Trinajstić information content (AvgIpc) is 2.46. The molecule has 1 aromatic carbocycles. The highest BCUT2D eigenvalue weighted by molar-refractivity contribution is 6.30. The molecule has 0 bridgehead atoms. The van der Waals surface area contributed by atoms with Crippen LogP contribution in [0.3, 0.4) is 0 Å². The third-order valence-corrected chi connectivity index (χ3v) is 3.02. The van der Waals surface area contributed by atoms with E-state index < -0.39 is 6.10 Å². The number of nitrogens with zero attached hydrogens (tertiary/aromatic N) is 1. The molecule has 4 heteroatoms. The molecule has 0 aromatic heterocycles. The van der Waals surface area contributed by atoms with Gasteiger partial charge in [0.2, 0.25) is 0 Å². The summed E-state index contributed by atoms with van der Waals surface area (Å²) in [5.41, 5.74) is 0.968. The van der Waals surface area contributed by atoms with E-state index in [9.17, 15) is 9.90 Å². The lowest BCUT2D eigenvalue weighted by atomic mass is 10.0. The van der Waals surface area contributed by atoms with Gasteiger partial charge in [0.1, 0.15) is 6.10 Å². The van der Waals surface area contributed by atoms with Crippen LogP contribution in [0.5, 0.6) is 0 Å². The normalized spacial score (nSPS) is 26.1. The molecule has 3 nitrogen and oxygen atoms in total. The molecule has 1 fully saturated rings. The fourth-order valence-corrected chi connectivity index (χ4v) is 2.13. The first kappa shape index (κ1) is 10.5. The number of amides is 1. The lowest BCUT2D eigenvalue weighted by molar-refractivity contribution is -0.134. The first-order chi connectivity index (χ1) is 7.09. The van der Waals surface area contributed by atoms with Crippen molar-refractivity contribution in [3.63, 3.8) is 0 Å². The predicted octanol–water partition coefficient (Wildman–Crippen LogP) is 1.60. The second-order valence-corrected chi connectivity index (χ2v) is 4.21. The summed E-state index contributed by atoms with van der Waals surface area (Å²) in [6.07, 6.45) is -0.436. The molecule has 1 heterocycles. The number of carbonyl (C=O) groups excluding carboxylic acids is 1. The van der Waals surface area contributed by atoms with Crippen LogP contribution in [0.25, 0.3) is 0 Å². The third kappa shape index (κ3) is 1.85. The number of benzene rings is 1. The van der Waals surface area contributed by atoms with Crippen molar-refractivity contribution in [3.8, 4) is 0 Å². The number of hydrogen-bond donors (Lipinski definition) is 1. The fraction of sp³-hybridized carbons (Fsp3) is 0.364. The van der Waals surface area contributed by atoms with Crippen LogP contribution < -0.4 is 0 Å². The summed E-state index contributed by atoms with van der Waals surface area (Å²) in [6, 6.07) is 7.32. The monoisotopic (exact) mass is 225 g/mol. The summed E-state index contributed by atoms with van der Waals surface area (Å²) in [5, 5.41) is 10.1. The minimum Gasteiger partial charge on any atom is -0.383 e. The number of aliphatic hydroxyl groups is 1. The van der Waals surface area contributed by atoms with Gasteiger partial charge in [0.25, 0.3) is 5.91 Å². The maximum absolute atomic E-state index is 11.4. The van der Waals surface area contributed by atoms with Gasteiger partial charge in [-0.15, -0.1) is 0 Å². The summed E-state index contributed by atoms with van der Waals surface area (Å²) >= 11 is 5.88. The summed E-state index contributed by atoms with van der Waals surface area (Å²) in [6.45, 7) is 0. The lowest BCUT2D eigenvalue weighted by Gasteiger charge is -2.19. The second-order valence-electron chi connectivity index (χ2n) is 3.77. The van der Waals surface area contributed by atoms with Gasteiger partial charge in [-0.05, 0) is 17.7 Å². The van der Waals surface area contributed by atoms with Crippen LogP contribution >= 0.6 is 11.6 Å². The molecule has 1 saturated heterocycles. The largest absolute Gasteiger partial charge is 0.383 e. The molecule has 1 aromatic rings. The van der Waals surface area contributed by atoms with Crippen LogP contribution in [0, 0.1) is 0 Å². The number of rotatable bonds is 1. The van der Waals surface area contributed by atoms with Crippen molar-refractivity contribution in [2.24, 2.45) is 0 Å². The summed E-state index contributed by atoms with van der Waals surface area (Å²) in [7, 11) is 1.70. The topological polar surface area (TPSA) is 40.5 Å². The predicted molar refractivity (Wildman–Crippen MR) is 57.6 cm³/mol. The Bertz CT molecular complexity index is 394. The van der Waals surface area contributed by atoms with Gasteiger partial charge in [0.05, 0.1) is 6.04 Å². The molecule has 0 unspecified atom stereocenters. The van der Waals surface area contributed by atoms with Crippen molar-refractivity contribution in [2.45, 2.75) is 18.6 Å². The van der Waals surface area contributed by atoms with Gasteiger partial charge in [-0.2, -0.15) is 0 Å². The zero-order chi connectivity index (χ0) is 11.0. The van der Waals surface area contributed by atoms with Crippen molar-refractivity contribution in [3.05, 3.63) is 34.9 Å². The Morgan fingerprint density at radius 1 is 1.53 bits per heavy atom. The highest BCUT2D eigenvalue weighted by atomic mass is 35.5. The number of hydrogen-bond acceptors (Lipinski definition) is 2. The third-order valence-electron chi connectivity index (χ3n) is 2.78. The standard InChI is InChI=1S/C11H12ClNO2/c1-13-9(6-10(14)11(13)15)7-3-2-4-8(12)5-7/h2-5,9-10,14H,6H2,1H3/t9-,10-/m0/s1. The Kier molecular flexibility index (Phi) is 2.67. The van der Waals surface area contributed by atoms with Crippen LogP contribution in [0.1, 0.15) is 18.0 Å². The number of likely N-dealkylation sites (tertiary alicyclic amines) is 1. The number of likely N-dealkylation sites (N-methyl/N-ethyl adjacent to an activating group) is 1. The van der Waals surface area contributed by atoms with Gasteiger partial charge in [-0.3, -0.25) is 4.79 Å². The molecule has 15 heavy (non-hydrogen) atoms. The minimum absolute atomic E-state index is 0.0637. The second kappa shape index (κ2) is 3.83. The Hall–Kier alpha value is -1.06. The van der Waals surface area contributed by atoms with E-state index in [0.29, 0.717) is 11.4 Å². The summed E-state index contributed by atoms with van der Waals surface area (Å²) < 4.78 is 0. The Morgan fingerprint density at radius 2 is 2.27 bits per heavy atom. The molecule has 1 aliphatic rings. The molecule has 0 radical (unpaired) electrons. The van der Waals surface area contributed by atoms with Crippen LogP contribution in [-0.2, 0) is 4.79 Å². The quantitative estimate of drug-likeness (QED) is 0.789. The number of carbonyl (C=O) groups is 1.